The molecule has 0 aliphatic carbocycles. The predicted octanol–water partition coefficient (Wildman–Crippen LogP) is 1.74. The molecule has 1 atom stereocenters. The summed E-state index contributed by atoms with van der Waals surface area (Å²) in [4.78, 5) is 38.9. The summed E-state index contributed by atoms with van der Waals surface area (Å²) in [6.45, 7) is 6.03. The van der Waals surface area contributed by atoms with Gasteiger partial charge in [-0.1, -0.05) is 38.1 Å². The van der Waals surface area contributed by atoms with Crippen LogP contribution in [0.5, 0.6) is 0 Å². The highest BCUT2D eigenvalue weighted by Crippen LogP contribution is 2.22. The zero-order valence-corrected chi connectivity index (χ0v) is 17.6. The van der Waals surface area contributed by atoms with Crippen LogP contribution >= 0.6 is 0 Å². The molecule has 0 bridgehead atoms. The van der Waals surface area contributed by atoms with Gasteiger partial charge >= 0.3 is 5.69 Å². The summed E-state index contributed by atoms with van der Waals surface area (Å²) in [5, 5.41) is 3.04. The van der Waals surface area contributed by atoms with Crippen molar-refractivity contribution in [1.29, 1.82) is 0 Å². The zero-order valence-electron chi connectivity index (χ0n) is 17.6. The molecule has 2 aromatic rings. The second kappa shape index (κ2) is 8.68. The average Bonchev–Trinajstić information content (AvgIpc) is 2.73. The largest absolute Gasteiger partial charge is 0.357 e. The molecule has 1 aromatic heterocycles. The van der Waals surface area contributed by atoms with E-state index in [-0.39, 0.29) is 23.1 Å². The standard InChI is InChI=1S/C22H30N4O3/c1-15(2)17-9-7-16(8-10-17)13-23-21(28)18-6-5-11-26(14-18)19-12-20(27)25(4)22(29)24(19)3/h7-10,12,15,18H,5-6,11,13-14H2,1-4H3,(H,23,28). The molecule has 7 heteroatoms. The molecular weight excluding hydrogens is 368 g/mol. The Morgan fingerprint density at radius 1 is 1.14 bits per heavy atom. The maximum absolute atomic E-state index is 12.7. The van der Waals surface area contributed by atoms with Crippen molar-refractivity contribution in [3.8, 4) is 0 Å². The molecule has 3 rings (SSSR count). The number of aromatic nitrogens is 2. The number of nitrogens with zero attached hydrogens (tertiary/aromatic N) is 3. The molecule has 0 radical (unpaired) electrons. The summed E-state index contributed by atoms with van der Waals surface area (Å²) in [7, 11) is 3.12. The molecule has 29 heavy (non-hydrogen) atoms. The third kappa shape index (κ3) is 4.60. The summed E-state index contributed by atoms with van der Waals surface area (Å²) in [6.07, 6.45) is 1.64. The molecule has 0 spiro atoms. The number of piperidine rings is 1. The molecule has 1 amide bonds. The average molecular weight is 399 g/mol. The first kappa shape index (κ1) is 20.9. The quantitative estimate of drug-likeness (QED) is 0.832. The van der Waals surface area contributed by atoms with Gasteiger partial charge in [0.05, 0.1) is 5.92 Å². The lowest BCUT2D eigenvalue weighted by molar-refractivity contribution is -0.125. The van der Waals surface area contributed by atoms with E-state index in [4.69, 9.17) is 0 Å². The number of hydrogen-bond acceptors (Lipinski definition) is 4. The van der Waals surface area contributed by atoms with Gasteiger partial charge in [0.25, 0.3) is 5.56 Å². The molecular formula is C22H30N4O3. The van der Waals surface area contributed by atoms with Crippen molar-refractivity contribution in [3.05, 3.63) is 62.3 Å². The number of hydrogen-bond donors (Lipinski definition) is 1. The topological polar surface area (TPSA) is 76.3 Å². The van der Waals surface area contributed by atoms with E-state index in [0.29, 0.717) is 24.8 Å². The maximum atomic E-state index is 12.7. The first-order chi connectivity index (χ1) is 13.8. The van der Waals surface area contributed by atoms with E-state index in [1.54, 1.807) is 7.05 Å². The third-order valence-electron chi connectivity index (χ3n) is 5.73. The number of benzene rings is 1. The highest BCUT2D eigenvalue weighted by molar-refractivity contribution is 5.79. The van der Waals surface area contributed by atoms with Crippen LogP contribution in [-0.4, -0.2) is 28.1 Å². The van der Waals surface area contributed by atoms with E-state index in [0.717, 1.165) is 29.5 Å². The number of carbonyl (C=O) groups is 1. The number of carbonyl (C=O) groups excluding carboxylic acids is 1. The monoisotopic (exact) mass is 398 g/mol. The highest BCUT2D eigenvalue weighted by Gasteiger charge is 2.27. The Kier molecular flexibility index (Phi) is 6.25. The van der Waals surface area contributed by atoms with Gasteiger partial charge in [-0.3, -0.25) is 18.7 Å². The van der Waals surface area contributed by atoms with Crippen LogP contribution in [-0.2, 0) is 25.4 Å². The molecule has 2 heterocycles. The first-order valence-electron chi connectivity index (χ1n) is 10.2. The maximum Gasteiger partial charge on any atom is 0.332 e. The molecule has 0 saturated carbocycles. The normalized spacial score (nSPS) is 16.9. The Hall–Kier alpha value is -2.83. The van der Waals surface area contributed by atoms with Gasteiger partial charge < -0.3 is 10.2 Å². The summed E-state index contributed by atoms with van der Waals surface area (Å²) in [6, 6.07) is 9.78. The van der Waals surface area contributed by atoms with E-state index in [1.165, 1.54) is 23.2 Å². The molecule has 1 unspecified atom stereocenters. The highest BCUT2D eigenvalue weighted by atomic mass is 16.2. The minimum absolute atomic E-state index is 0.0106. The fourth-order valence-electron chi connectivity index (χ4n) is 3.78. The van der Waals surface area contributed by atoms with Crippen molar-refractivity contribution in [1.82, 2.24) is 14.5 Å². The van der Waals surface area contributed by atoms with Crippen LogP contribution in [0.4, 0.5) is 5.82 Å². The van der Waals surface area contributed by atoms with Crippen LogP contribution in [0.2, 0.25) is 0 Å². The summed E-state index contributed by atoms with van der Waals surface area (Å²) < 4.78 is 2.56. The zero-order chi connectivity index (χ0) is 21.1. The minimum Gasteiger partial charge on any atom is -0.357 e. The smallest absolute Gasteiger partial charge is 0.332 e. The second-order valence-electron chi connectivity index (χ2n) is 8.14. The lowest BCUT2D eigenvalue weighted by Crippen LogP contribution is -2.46. The molecule has 156 valence electrons. The van der Waals surface area contributed by atoms with Crippen LogP contribution in [0.3, 0.4) is 0 Å². The SMILES string of the molecule is CC(C)c1ccc(CNC(=O)C2CCCN(c3cc(=O)n(C)c(=O)n3C)C2)cc1. The molecule has 1 saturated heterocycles. The molecule has 7 nitrogen and oxygen atoms in total. The number of amides is 1. The molecule has 1 aliphatic rings. The Morgan fingerprint density at radius 3 is 2.48 bits per heavy atom. The number of rotatable bonds is 5. The van der Waals surface area contributed by atoms with Gasteiger partial charge in [0.2, 0.25) is 5.91 Å². The first-order valence-corrected chi connectivity index (χ1v) is 10.2. The second-order valence-corrected chi connectivity index (χ2v) is 8.14. The van der Waals surface area contributed by atoms with Gasteiger partial charge in [-0.15, -0.1) is 0 Å². The molecule has 1 aliphatic heterocycles. The van der Waals surface area contributed by atoms with E-state index in [1.807, 2.05) is 4.90 Å². The van der Waals surface area contributed by atoms with Gasteiger partial charge in [0.1, 0.15) is 5.82 Å². The lowest BCUT2D eigenvalue weighted by Gasteiger charge is -2.34. The third-order valence-corrected chi connectivity index (χ3v) is 5.73. The Morgan fingerprint density at radius 2 is 1.83 bits per heavy atom. The van der Waals surface area contributed by atoms with Crippen LogP contribution in [0.1, 0.15) is 43.7 Å². The van der Waals surface area contributed by atoms with Crippen LogP contribution in [0, 0.1) is 5.92 Å². The Balaban J connectivity index is 1.65. The van der Waals surface area contributed by atoms with E-state index in [2.05, 4.69) is 43.4 Å². The fourth-order valence-corrected chi connectivity index (χ4v) is 3.78. The molecule has 1 aromatic carbocycles. The van der Waals surface area contributed by atoms with Gasteiger partial charge in [-0.25, -0.2) is 4.79 Å². The van der Waals surface area contributed by atoms with Crippen molar-refractivity contribution in [3.63, 3.8) is 0 Å². The van der Waals surface area contributed by atoms with Crippen molar-refractivity contribution in [2.75, 3.05) is 18.0 Å². The Labute approximate surface area is 171 Å². The van der Waals surface area contributed by atoms with Gasteiger partial charge in [0.15, 0.2) is 0 Å². The van der Waals surface area contributed by atoms with E-state index in [9.17, 15) is 14.4 Å². The lowest BCUT2D eigenvalue weighted by atomic mass is 9.97. The van der Waals surface area contributed by atoms with Crippen molar-refractivity contribution < 1.29 is 4.79 Å². The van der Waals surface area contributed by atoms with Gasteiger partial charge in [0, 0.05) is 39.8 Å². The van der Waals surface area contributed by atoms with Crippen LogP contribution in [0.15, 0.2) is 39.9 Å². The summed E-state index contributed by atoms with van der Waals surface area (Å²) in [5.74, 6) is 0.895. The number of nitrogens with one attached hydrogen (secondary N) is 1. The minimum atomic E-state index is -0.357. The number of anilines is 1. The van der Waals surface area contributed by atoms with Gasteiger partial charge in [-0.05, 0) is 29.9 Å². The predicted molar refractivity (Wildman–Crippen MR) is 114 cm³/mol. The Bertz CT molecular complexity index is 989. The molecule has 1 N–H and O–H groups in total. The fraction of sp³-hybridized carbons (Fsp3) is 0.500. The van der Waals surface area contributed by atoms with Crippen molar-refractivity contribution >= 4 is 11.7 Å². The van der Waals surface area contributed by atoms with Crippen LogP contribution < -0.4 is 21.5 Å². The summed E-state index contributed by atoms with van der Waals surface area (Å²) in [5.41, 5.74) is 1.66. The van der Waals surface area contributed by atoms with Crippen LogP contribution in [0.25, 0.3) is 0 Å². The van der Waals surface area contributed by atoms with E-state index < -0.39 is 0 Å². The van der Waals surface area contributed by atoms with Crippen molar-refractivity contribution in [2.24, 2.45) is 20.0 Å². The van der Waals surface area contributed by atoms with E-state index >= 15 is 0 Å². The van der Waals surface area contributed by atoms with Gasteiger partial charge in [-0.2, -0.15) is 0 Å². The molecule has 1 fully saturated rings. The summed E-state index contributed by atoms with van der Waals surface area (Å²) >= 11 is 0. The van der Waals surface area contributed by atoms with Crippen molar-refractivity contribution in [2.45, 2.75) is 39.2 Å².